The van der Waals surface area contributed by atoms with Crippen molar-refractivity contribution in [3.63, 3.8) is 0 Å². The van der Waals surface area contributed by atoms with Gasteiger partial charge in [0.1, 0.15) is 6.29 Å². The lowest BCUT2D eigenvalue weighted by Crippen LogP contribution is -2.02. The molecule has 0 aliphatic heterocycles. The topological polar surface area (TPSA) is 17.1 Å². The van der Waals surface area contributed by atoms with Gasteiger partial charge >= 0.3 is 0 Å². The third-order valence-corrected chi connectivity index (χ3v) is 3.86. The number of carbonyl (C=O) groups is 1. The van der Waals surface area contributed by atoms with E-state index in [4.69, 9.17) is 0 Å². The number of fused-ring (bicyclic) bond motifs is 2. The average Bonchev–Trinajstić information content (AvgIpc) is 2.50. The number of carbonyl (C=O) groups excluding carboxylic acids is 1. The molecule has 0 heterocycles. The van der Waals surface area contributed by atoms with E-state index in [2.05, 4.69) is 37.3 Å². The quantitative estimate of drug-likeness (QED) is 0.482. The third-order valence-electron chi connectivity index (χ3n) is 3.86. The SMILES string of the molecule is [CH2]CCC(C=O)c1c2ccccc2cc2ccccc12. The first-order valence-electron chi connectivity index (χ1n) is 7.00. The summed E-state index contributed by atoms with van der Waals surface area (Å²) in [6.07, 6.45) is 2.63. The van der Waals surface area contributed by atoms with Gasteiger partial charge in [-0.2, -0.15) is 0 Å². The van der Waals surface area contributed by atoms with Gasteiger partial charge in [0.25, 0.3) is 0 Å². The second-order valence-electron chi connectivity index (χ2n) is 5.12. The van der Waals surface area contributed by atoms with Crippen LogP contribution in [0.15, 0.2) is 54.6 Å². The Bertz CT molecular complexity index is 704. The molecule has 3 rings (SSSR count). The van der Waals surface area contributed by atoms with Crippen molar-refractivity contribution in [3.8, 4) is 0 Å². The van der Waals surface area contributed by atoms with E-state index >= 15 is 0 Å². The Balaban J connectivity index is 2.41. The number of benzene rings is 3. The lowest BCUT2D eigenvalue weighted by molar-refractivity contribution is -0.109. The highest BCUT2D eigenvalue weighted by Crippen LogP contribution is 2.34. The summed E-state index contributed by atoms with van der Waals surface area (Å²) in [4.78, 5) is 11.6. The summed E-state index contributed by atoms with van der Waals surface area (Å²) in [5.74, 6) is -0.0801. The van der Waals surface area contributed by atoms with Gasteiger partial charge in [-0.1, -0.05) is 61.9 Å². The summed E-state index contributed by atoms with van der Waals surface area (Å²) in [5, 5.41) is 4.74. The predicted molar refractivity (Wildman–Crippen MR) is 84.9 cm³/mol. The van der Waals surface area contributed by atoms with Crippen LogP contribution in [0.2, 0.25) is 0 Å². The maximum absolute atomic E-state index is 11.6. The molecule has 0 saturated carbocycles. The molecule has 99 valence electrons. The van der Waals surface area contributed by atoms with Gasteiger partial charge in [-0.3, -0.25) is 0 Å². The first-order valence-corrected chi connectivity index (χ1v) is 7.00. The molecule has 0 spiro atoms. The van der Waals surface area contributed by atoms with Crippen LogP contribution in [0.3, 0.4) is 0 Å². The van der Waals surface area contributed by atoms with Gasteiger partial charge < -0.3 is 4.79 Å². The molecule has 0 N–H and O–H groups in total. The molecule has 1 nitrogen and oxygen atoms in total. The van der Waals surface area contributed by atoms with E-state index in [1.807, 2.05) is 24.3 Å². The van der Waals surface area contributed by atoms with Gasteiger partial charge in [0, 0.05) is 5.92 Å². The fraction of sp³-hybridized carbons (Fsp3) is 0.158. The fourth-order valence-electron chi connectivity index (χ4n) is 2.95. The van der Waals surface area contributed by atoms with Crippen molar-refractivity contribution in [1.29, 1.82) is 0 Å². The van der Waals surface area contributed by atoms with E-state index in [9.17, 15) is 4.79 Å². The fourth-order valence-corrected chi connectivity index (χ4v) is 2.95. The summed E-state index contributed by atoms with van der Waals surface area (Å²) in [7, 11) is 0. The Morgan fingerprint density at radius 3 is 2.00 bits per heavy atom. The van der Waals surface area contributed by atoms with Crippen molar-refractivity contribution >= 4 is 27.8 Å². The van der Waals surface area contributed by atoms with Crippen molar-refractivity contribution in [2.24, 2.45) is 0 Å². The van der Waals surface area contributed by atoms with E-state index in [1.54, 1.807) is 0 Å². The van der Waals surface area contributed by atoms with Gasteiger partial charge in [0.2, 0.25) is 0 Å². The van der Waals surface area contributed by atoms with Gasteiger partial charge in [-0.05, 0) is 39.6 Å². The van der Waals surface area contributed by atoms with Crippen molar-refractivity contribution < 1.29 is 4.79 Å². The molecular weight excluding hydrogens is 244 g/mol. The molecule has 1 heteroatoms. The molecular formula is C19H17O. The Morgan fingerprint density at radius 1 is 0.950 bits per heavy atom. The van der Waals surface area contributed by atoms with Crippen molar-refractivity contribution in [2.45, 2.75) is 18.8 Å². The van der Waals surface area contributed by atoms with Crippen LogP contribution in [-0.2, 0) is 4.79 Å². The largest absolute Gasteiger partial charge is 0.303 e. The average molecular weight is 261 g/mol. The summed E-state index contributed by atoms with van der Waals surface area (Å²) in [6.45, 7) is 3.90. The van der Waals surface area contributed by atoms with Crippen LogP contribution in [0.25, 0.3) is 21.5 Å². The number of hydrogen-bond donors (Lipinski definition) is 0. The molecule has 0 fully saturated rings. The van der Waals surface area contributed by atoms with E-state index in [1.165, 1.54) is 21.5 Å². The van der Waals surface area contributed by atoms with E-state index in [-0.39, 0.29) is 5.92 Å². The van der Waals surface area contributed by atoms with Gasteiger partial charge in [-0.25, -0.2) is 0 Å². The summed E-state index contributed by atoms with van der Waals surface area (Å²) >= 11 is 0. The summed E-state index contributed by atoms with van der Waals surface area (Å²) < 4.78 is 0. The minimum Gasteiger partial charge on any atom is -0.303 e. The van der Waals surface area contributed by atoms with Crippen LogP contribution in [-0.4, -0.2) is 6.29 Å². The number of aldehydes is 1. The van der Waals surface area contributed by atoms with Crippen LogP contribution in [0, 0.1) is 6.92 Å². The lowest BCUT2D eigenvalue weighted by Gasteiger charge is -2.16. The Kier molecular flexibility index (Phi) is 3.51. The molecule has 0 bridgehead atoms. The smallest absolute Gasteiger partial charge is 0.127 e. The minimum absolute atomic E-state index is 0.0801. The van der Waals surface area contributed by atoms with Gasteiger partial charge in [-0.15, -0.1) is 0 Å². The molecule has 3 aromatic rings. The Labute approximate surface area is 119 Å². The summed E-state index contributed by atoms with van der Waals surface area (Å²) in [6, 6.07) is 18.8. The predicted octanol–water partition coefficient (Wildman–Crippen LogP) is 4.89. The van der Waals surface area contributed by atoms with Crippen LogP contribution in [0.4, 0.5) is 0 Å². The van der Waals surface area contributed by atoms with E-state index in [0.29, 0.717) is 0 Å². The molecule has 0 aliphatic carbocycles. The zero-order valence-corrected chi connectivity index (χ0v) is 11.4. The normalized spacial score (nSPS) is 12.7. The molecule has 1 unspecified atom stereocenters. The van der Waals surface area contributed by atoms with Crippen molar-refractivity contribution in [3.05, 3.63) is 67.1 Å². The highest BCUT2D eigenvalue weighted by Gasteiger charge is 2.16. The maximum atomic E-state index is 11.6. The Hall–Kier alpha value is -2.15. The molecule has 1 atom stereocenters. The molecule has 0 saturated heterocycles. The molecule has 0 amide bonds. The monoisotopic (exact) mass is 261 g/mol. The van der Waals surface area contributed by atoms with Gasteiger partial charge in [0.15, 0.2) is 0 Å². The summed E-state index contributed by atoms with van der Waals surface area (Å²) in [5.41, 5.74) is 1.15. The van der Waals surface area contributed by atoms with Crippen LogP contribution < -0.4 is 0 Å². The molecule has 1 radical (unpaired) electrons. The number of hydrogen-bond acceptors (Lipinski definition) is 1. The standard InChI is InChI=1S/C19H17O/c1-2-7-16(13-20)19-17-10-5-3-8-14(17)12-15-9-4-6-11-18(15)19/h3-6,8-13,16H,1-2,7H2. The molecule has 3 aromatic carbocycles. The minimum atomic E-state index is -0.0801. The highest BCUT2D eigenvalue weighted by atomic mass is 16.1. The van der Waals surface area contributed by atoms with Crippen LogP contribution in [0.5, 0.6) is 0 Å². The maximum Gasteiger partial charge on any atom is 0.127 e. The molecule has 20 heavy (non-hydrogen) atoms. The van der Waals surface area contributed by atoms with E-state index in [0.717, 1.165) is 24.7 Å². The van der Waals surface area contributed by atoms with Crippen LogP contribution in [0.1, 0.15) is 24.3 Å². The third kappa shape index (κ3) is 2.09. The van der Waals surface area contributed by atoms with Crippen molar-refractivity contribution in [1.82, 2.24) is 0 Å². The van der Waals surface area contributed by atoms with Gasteiger partial charge in [0.05, 0.1) is 0 Å². The second-order valence-corrected chi connectivity index (χ2v) is 5.12. The first-order chi connectivity index (χ1) is 9.85. The Morgan fingerprint density at radius 2 is 1.50 bits per heavy atom. The molecule has 0 aliphatic rings. The van der Waals surface area contributed by atoms with Crippen LogP contribution >= 0.6 is 0 Å². The first kappa shape index (κ1) is 12.9. The lowest BCUT2D eigenvalue weighted by atomic mass is 9.87. The highest BCUT2D eigenvalue weighted by molar-refractivity contribution is 6.04. The zero-order valence-electron chi connectivity index (χ0n) is 11.4. The second kappa shape index (κ2) is 5.46. The number of rotatable bonds is 4. The molecule has 0 aromatic heterocycles. The van der Waals surface area contributed by atoms with E-state index < -0.39 is 0 Å². The zero-order chi connectivity index (χ0) is 13.9. The van der Waals surface area contributed by atoms with Crippen molar-refractivity contribution in [2.75, 3.05) is 0 Å².